The van der Waals surface area contributed by atoms with Crippen molar-refractivity contribution in [1.82, 2.24) is 5.32 Å². The Morgan fingerprint density at radius 2 is 1.83 bits per heavy atom. The van der Waals surface area contributed by atoms with Crippen LogP contribution in [0.3, 0.4) is 0 Å². The molecule has 0 saturated carbocycles. The van der Waals surface area contributed by atoms with Gasteiger partial charge in [-0.15, -0.1) is 0 Å². The largest absolute Gasteiger partial charge is 0.496 e. The molecule has 1 rings (SSSR count). The van der Waals surface area contributed by atoms with Gasteiger partial charge >= 0.3 is 6.18 Å². The summed E-state index contributed by atoms with van der Waals surface area (Å²) in [6, 6.07) is 1.54. The van der Waals surface area contributed by atoms with Gasteiger partial charge in [-0.2, -0.15) is 13.2 Å². The van der Waals surface area contributed by atoms with Gasteiger partial charge in [0.1, 0.15) is 11.8 Å². The predicted molar refractivity (Wildman–Crippen MR) is 64.9 cm³/mol. The van der Waals surface area contributed by atoms with Crippen LogP contribution in [0.2, 0.25) is 0 Å². The van der Waals surface area contributed by atoms with Crippen molar-refractivity contribution in [3.05, 3.63) is 28.8 Å². The van der Waals surface area contributed by atoms with Crippen molar-refractivity contribution >= 4 is 0 Å². The van der Waals surface area contributed by atoms with E-state index in [1.165, 1.54) is 13.2 Å². The molecule has 0 aromatic heterocycles. The van der Waals surface area contributed by atoms with E-state index < -0.39 is 12.2 Å². The van der Waals surface area contributed by atoms with E-state index in [2.05, 4.69) is 5.32 Å². The lowest BCUT2D eigenvalue weighted by Gasteiger charge is -2.24. The van der Waals surface area contributed by atoms with Gasteiger partial charge in [0.15, 0.2) is 0 Å². The van der Waals surface area contributed by atoms with Crippen LogP contribution < -0.4 is 10.1 Å². The number of benzene rings is 1. The number of ether oxygens (including phenoxy) is 1. The molecule has 18 heavy (non-hydrogen) atoms. The number of rotatable bonds is 4. The zero-order valence-corrected chi connectivity index (χ0v) is 11.0. The highest BCUT2D eigenvalue weighted by atomic mass is 19.4. The summed E-state index contributed by atoms with van der Waals surface area (Å²) in [5, 5.41) is 2.48. The molecule has 0 bridgehead atoms. The average molecular weight is 261 g/mol. The maximum atomic E-state index is 13.0. The first-order valence-corrected chi connectivity index (χ1v) is 5.76. The highest BCUT2D eigenvalue weighted by molar-refractivity contribution is 5.43. The van der Waals surface area contributed by atoms with Crippen molar-refractivity contribution < 1.29 is 17.9 Å². The number of halogens is 3. The number of alkyl halides is 3. The van der Waals surface area contributed by atoms with Crippen LogP contribution in [-0.2, 0) is 0 Å². The maximum Gasteiger partial charge on any atom is 0.407 e. The van der Waals surface area contributed by atoms with E-state index in [1.807, 2.05) is 0 Å². The van der Waals surface area contributed by atoms with Gasteiger partial charge in [-0.1, -0.05) is 13.0 Å². The van der Waals surface area contributed by atoms with Gasteiger partial charge in [0.2, 0.25) is 0 Å². The molecule has 1 unspecified atom stereocenters. The van der Waals surface area contributed by atoms with Crippen molar-refractivity contribution in [2.75, 3.05) is 13.7 Å². The minimum absolute atomic E-state index is 0.252. The van der Waals surface area contributed by atoms with Crippen molar-refractivity contribution in [2.45, 2.75) is 33.0 Å². The molecule has 1 atom stereocenters. The fourth-order valence-electron chi connectivity index (χ4n) is 1.95. The van der Waals surface area contributed by atoms with E-state index in [4.69, 9.17) is 4.74 Å². The van der Waals surface area contributed by atoms with Crippen LogP contribution >= 0.6 is 0 Å². The molecule has 1 aromatic carbocycles. The second-order valence-electron chi connectivity index (χ2n) is 4.21. The number of methoxy groups -OCH3 is 1. The van der Waals surface area contributed by atoms with Crippen LogP contribution in [-0.4, -0.2) is 19.8 Å². The third-order valence-electron chi connectivity index (χ3n) is 2.83. The van der Waals surface area contributed by atoms with Gasteiger partial charge in [-0.25, -0.2) is 0 Å². The zero-order chi connectivity index (χ0) is 13.9. The van der Waals surface area contributed by atoms with Crippen molar-refractivity contribution in [3.63, 3.8) is 0 Å². The molecule has 0 radical (unpaired) electrons. The molecular formula is C13H18F3NO. The Balaban J connectivity index is 3.25. The van der Waals surface area contributed by atoms with Crippen LogP contribution in [0.1, 0.15) is 29.7 Å². The molecule has 1 aromatic rings. The Labute approximate surface area is 105 Å². The molecule has 5 heteroatoms. The fraction of sp³-hybridized carbons (Fsp3) is 0.538. The highest BCUT2D eigenvalue weighted by Gasteiger charge is 2.41. The third kappa shape index (κ3) is 3.16. The molecule has 0 aliphatic rings. The molecule has 0 aliphatic carbocycles. The number of hydrogen-bond acceptors (Lipinski definition) is 2. The Bertz CT molecular complexity index is 415. The number of nitrogens with one attached hydrogen (secondary N) is 1. The van der Waals surface area contributed by atoms with E-state index in [1.54, 1.807) is 26.8 Å². The normalized spacial score (nSPS) is 13.5. The van der Waals surface area contributed by atoms with E-state index in [0.717, 1.165) is 0 Å². The van der Waals surface area contributed by atoms with Gasteiger partial charge in [0.05, 0.1) is 7.11 Å². The van der Waals surface area contributed by atoms with Crippen molar-refractivity contribution in [2.24, 2.45) is 0 Å². The summed E-state index contributed by atoms with van der Waals surface area (Å²) < 4.78 is 44.1. The average Bonchev–Trinajstić information content (AvgIpc) is 2.27. The Kier molecular flexibility index (Phi) is 4.62. The first-order chi connectivity index (χ1) is 8.31. The lowest BCUT2D eigenvalue weighted by Crippen LogP contribution is -2.34. The summed E-state index contributed by atoms with van der Waals surface area (Å²) in [4.78, 5) is 0. The first kappa shape index (κ1) is 14.8. The predicted octanol–water partition coefficient (Wildman–Crippen LogP) is 3.52. The molecule has 102 valence electrons. The second-order valence-corrected chi connectivity index (χ2v) is 4.21. The number of aryl methyl sites for hydroxylation is 2. The van der Waals surface area contributed by atoms with E-state index in [9.17, 15) is 13.2 Å². The summed E-state index contributed by atoms with van der Waals surface area (Å²) in [6.07, 6.45) is -4.30. The van der Waals surface area contributed by atoms with Crippen LogP contribution in [0.5, 0.6) is 5.75 Å². The molecule has 0 spiro atoms. The van der Waals surface area contributed by atoms with Crippen LogP contribution in [0.4, 0.5) is 13.2 Å². The molecule has 0 amide bonds. The Morgan fingerprint density at radius 1 is 1.22 bits per heavy atom. The summed E-state index contributed by atoms with van der Waals surface area (Å²) in [6.45, 7) is 5.31. The molecule has 0 aliphatic heterocycles. The fourth-order valence-corrected chi connectivity index (χ4v) is 1.95. The van der Waals surface area contributed by atoms with Gasteiger partial charge < -0.3 is 10.1 Å². The van der Waals surface area contributed by atoms with E-state index in [0.29, 0.717) is 16.9 Å². The van der Waals surface area contributed by atoms with Crippen LogP contribution in [0.15, 0.2) is 12.1 Å². The van der Waals surface area contributed by atoms with Crippen LogP contribution in [0.25, 0.3) is 0 Å². The van der Waals surface area contributed by atoms with Gasteiger partial charge in [-0.3, -0.25) is 0 Å². The first-order valence-electron chi connectivity index (χ1n) is 5.76. The van der Waals surface area contributed by atoms with E-state index in [-0.39, 0.29) is 12.1 Å². The zero-order valence-electron chi connectivity index (χ0n) is 11.0. The Morgan fingerprint density at radius 3 is 2.28 bits per heavy atom. The minimum atomic E-state index is -4.30. The summed E-state index contributed by atoms with van der Waals surface area (Å²) >= 11 is 0. The topological polar surface area (TPSA) is 21.3 Å². The lowest BCUT2D eigenvalue weighted by atomic mass is 9.97. The SMILES string of the molecule is CCNC(c1cc(C)c(OC)cc1C)C(F)(F)F. The molecule has 0 saturated heterocycles. The van der Waals surface area contributed by atoms with E-state index >= 15 is 0 Å². The van der Waals surface area contributed by atoms with Gasteiger partial charge in [0, 0.05) is 0 Å². The maximum absolute atomic E-state index is 13.0. The minimum Gasteiger partial charge on any atom is -0.496 e. The highest BCUT2D eigenvalue weighted by Crippen LogP contribution is 2.36. The molecule has 0 heterocycles. The smallest absolute Gasteiger partial charge is 0.407 e. The summed E-state index contributed by atoms with van der Waals surface area (Å²) in [7, 11) is 1.51. The van der Waals surface area contributed by atoms with Crippen LogP contribution in [0, 0.1) is 13.8 Å². The summed E-state index contributed by atoms with van der Waals surface area (Å²) in [5.74, 6) is 0.605. The van der Waals surface area contributed by atoms with Crippen molar-refractivity contribution in [3.8, 4) is 5.75 Å². The molecular weight excluding hydrogens is 243 g/mol. The second kappa shape index (κ2) is 5.61. The standard InChI is InChI=1S/C13H18F3NO/c1-5-17-12(13(14,15)16)10-6-9(3)11(18-4)7-8(10)2/h6-7,12,17H,5H2,1-4H3. The molecule has 0 fully saturated rings. The van der Waals surface area contributed by atoms with Crippen molar-refractivity contribution in [1.29, 1.82) is 0 Å². The molecule has 2 nitrogen and oxygen atoms in total. The van der Waals surface area contributed by atoms with Gasteiger partial charge in [0.25, 0.3) is 0 Å². The lowest BCUT2D eigenvalue weighted by molar-refractivity contribution is -0.157. The van der Waals surface area contributed by atoms with Gasteiger partial charge in [-0.05, 0) is 43.1 Å². The quantitative estimate of drug-likeness (QED) is 0.895. The number of hydrogen-bond donors (Lipinski definition) is 1. The monoisotopic (exact) mass is 261 g/mol. The Hall–Kier alpha value is -1.23. The third-order valence-corrected chi connectivity index (χ3v) is 2.83. The molecule has 1 N–H and O–H groups in total. The summed E-state index contributed by atoms with van der Waals surface area (Å²) in [5.41, 5.74) is 1.52.